The fourth-order valence-corrected chi connectivity index (χ4v) is 2.99. The van der Waals surface area contributed by atoms with Crippen LogP contribution < -0.4 is 5.32 Å². The van der Waals surface area contributed by atoms with Crippen LogP contribution >= 0.6 is 0 Å². The summed E-state index contributed by atoms with van der Waals surface area (Å²) in [6.07, 6.45) is -6.11. The van der Waals surface area contributed by atoms with Gasteiger partial charge in [0.1, 0.15) is 17.8 Å². The minimum atomic E-state index is -1.88. The van der Waals surface area contributed by atoms with Crippen LogP contribution in [-0.4, -0.2) is 87.4 Å². The van der Waals surface area contributed by atoms with Gasteiger partial charge in [-0.2, -0.15) is 0 Å². The number of amides is 1. The topological polar surface area (TPSA) is 122 Å². The van der Waals surface area contributed by atoms with E-state index in [0.29, 0.717) is 26.2 Å². The molecule has 8 nitrogen and oxygen atoms in total. The average molecular weight is 382 g/mol. The molecule has 2 rings (SSSR count). The van der Waals surface area contributed by atoms with Gasteiger partial charge in [0.2, 0.25) is 0 Å². The number of piperazine rings is 1. The van der Waals surface area contributed by atoms with Crippen LogP contribution in [-0.2, 0) is 16.1 Å². The zero-order valence-corrected chi connectivity index (χ0v) is 15.8. The number of carbonyl (C=O) groups is 1. The molecule has 0 bridgehead atoms. The Bertz CT molecular complexity index is 589. The molecule has 0 saturated carbocycles. The smallest absolute Gasteiger partial charge is 0.254 e. The first-order chi connectivity index (χ1) is 12.7. The Morgan fingerprint density at radius 3 is 2.37 bits per heavy atom. The second kappa shape index (κ2) is 9.59. The SMILES string of the molecule is C[C@@H](O)[C@@](C)(O)[C@@H](OCc1ccccc1)[C@H](O)[C@@H](O)C(=O)N1CCNCC1. The lowest BCUT2D eigenvalue weighted by Gasteiger charge is -2.40. The highest BCUT2D eigenvalue weighted by Gasteiger charge is 2.46. The first-order valence-electron chi connectivity index (χ1n) is 9.16. The third-order valence-corrected chi connectivity index (χ3v) is 5.01. The van der Waals surface area contributed by atoms with Gasteiger partial charge in [-0.05, 0) is 19.4 Å². The van der Waals surface area contributed by atoms with E-state index >= 15 is 0 Å². The van der Waals surface area contributed by atoms with Gasteiger partial charge in [-0.15, -0.1) is 0 Å². The number of ether oxygens (including phenoxy) is 1. The van der Waals surface area contributed by atoms with Gasteiger partial charge in [0, 0.05) is 26.2 Å². The minimum Gasteiger partial charge on any atom is -0.390 e. The second-order valence-corrected chi connectivity index (χ2v) is 7.13. The number of hydrogen-bond donors (Lipinski definition) is 5. The van der Waals surface area contributed by atoms with E-state index in [1.54, 1.807) is 0 Å². The molecule has 1 fully saturated rings. The molecule has 1 heterocycles. The number of hydrogen-bond acceptors (Lipinski definition) is 7. The summed E-state index contributed by atoms with van der Waals surface area (Å²) in [5.74, 6) is -0.626. The van der Waals surface area contributed by atoms with E-state index in [-0.39, 0.29) is 6.61 Å². The van der Waals surface area contributed by atoms with Crippen molar-refractivity contribution in [3.63, 3.8) is 0 Å². The van der Waals surface area contributed by atoms with Crippen LogP contribution in [0.1, 0.15) is 19.4 Å². The lowest BCUT2D eigenvalue weighted by atomic mass is 9.87. The Hall–Kier alpha value is -1.55. The first-order valence-corrected chi connectivity index (χ1v) is 9.16. The van der Waals surface area contributed by atoms with E-state index in [4.69, 9.17) is 4.74 Å². The van der Waals surface area contributed by atoms with Crippen molar-refractivity contribution < 1.29 is 30.0 Å². The minimum absolute atomic E-state index is 0.0416. The third kappa shape index (κ3) is 5.47. The third-order valence-electron chi connectivity index (χ3n) is 5.01. The van der Waals surface area contributed by atoms with Gasteiger partial charge in [0.15, 0.2) is 6.10 Å². The molecule has 0 aromatic heterocycles. The maximum absolute atomic E-state index is 12.5. The summed E-state index contributed by atoms with van der Waals surface area (Å²) in [5, 5.41) is 44.8. The highest BCUT2D eigenvalue weighted by atomic mass is 16.5. The Morgan fingerprint density at radius 1 is 1.22 bits per heavy atom. The Balaban J connectivity index is 2.13. The average Bonchev–Trinajstić information content (AvgIpc) is 2.68. The van der Waals surface area contributed by atoms with Crippen molar-refractivity contribution in [3.8, 4) is 0 Å². The van der Waals surface area contributed by atoms with Gasteiger partial charge >= 0.3 is 0 Å². The molecule has 0 aliphatic carbocycles. The fourth-order valence-electron chi connectivity index (χ4n) is 2.99. The van der Waals surface area contributed by atoms with Crippen molar-refractivity contribution in [2.24, 2.45) is 0 Å². The van der Waals surface area contributed by atoms with Crippen molar-refractivity contribution in [2.75, 3.05) is 26.2 Å². The summed E-state index contributed by atoms with van der Waals surface area (Å²) in [6, 6.07) is 9.10. The summed E-state index contributed by atoms with van der Waals surface area (Å²) in [4.78, 5) is 14.0. The lowest BCUT2D eigenvalue weighted by Crippen LogP contribution is -2.61. The van der Waals surface area contributed by atoms with Gasteiger partial charge in [-0.1, -0.05) is 30.3 Å². The molecule has 0 radical (unpaired) electrons. The zero-order valence-electron chi connectivity index (χ0n) is 15.8. The monoisotopic (exact) mass is 382 g/mol. The highest BCUT2D eigenvalue weighted by molar-refractivity contribution is 5.81. The van der Waals surface area contributed by atoms with E-state index in [9.17, 15) is 25.2 Å². The Labute approximate surface area is 159 Å². The van der Waals surface area contributed by atoms with Crippen LogP contribution in [0.15, 0.2) is 30.3 Å². The van der Waals surface area contributed by atoms with E-state index in [0.717, 1.165) is 5.56 Å². The molecule has 1 aromatic carbocycles. The molecule has 0 unspecified atom stereocenters. The number of benzene rings is 1. The summed E-state index contributed by atoms with van der Waals surface area (Å²) >= 11 is 0. The molecule has 5 atom stereocenters. The number of rotatable bonds is 8. The van der Waals surface area contributed by atoms with Gasteiger partial charge in [-0.25, -0.2) is 0 Å². The largest absolute Gasteiger partial charge is 0.390 e. The number of carbonyl (C=O) groups excluding carboxylic acids is 1. The van der Waals surface area contributed by atoms with Crippen LogP contribution in [0, 0.1) is 0 Å². The standard InChI is InChI=1S/C19H30N2O6/c1-13(22)19(2,26)17(27-12-14-6-4-3-5-7-14)15(23)16(24)18(25)21-10-8-20-9-11-21/h3-7,13,15-17,20,22-24,26H,8-12H2,1-2H3/t13-,15-,16-,17+,19-/m1/s1. The number of nitrogens with one attached hydrogen (secondary N) is 1. The van der Waals surface area contributed by atoms with Crippen molar-refractivity contribution in [1.29, 1.82) is 0 Å². The maximum Gasteiger partial charge on any atom is 0.254 e. The summed E-state index contributed by atoms with van der Waals surface area (Å²) in [7, 11) is 0. The molecule has 27 heavy (non-hydrogen) atoms. The van der Waals surface area contributed by atoms with Crippen LogP contribution in [0.4, 0.5) is 0 Å². The van der Waals surface area contributed by atoms with Crippen molar-refractivity contribution >= 4 is 5.91 Å². The Morgan fingerprint density at radius 2 is 1.81 bits per heavy atom. The number of aliphatic hydroxyl groups excluding tert-OH is 3. The van der Waals surface area contributed by atoms with Gasteiger partial charge in [-0.3, -0.25) is 4.79 Å². The Kier molecular flexibility index (Phi) is 7.72. The molecule has 5 N–H and O–H groups in total. The van der Waals surface area contributed by atoms with E-state index in [1.165, 1.54) is 18.7 Å². The van der Waals surface area contributed by atoms with Crippen LogP contribution in [0.5, 0.6) is 0 Å². The van der Waals surface area contributed by atoms with Gasteiger partial charge in [0.05, 0.1) is 12.7 Å². The van der Waals surface area contributed by atoms with E-state index in [2.05, 4.69) is 5.32 Å². The molecule has 1 aromatic rings. The normalized spacial score (nSPS) is 21.8. The molecule has 1 aliphatic heterocycles. The molecular formula is C19H30N2O6. The molecule has 0 spiro atoms. The maximum atomic E-state index is 12.5. The summed E-state index contributed by atoms with van der Waals surface area (Å²) in [5.41, 5.74) is -1.09. The highest BCUT2D eigenvalue weighted by Crippen LogP contribution is 2.25. The van der Waals surface area contributed by atoms with E-state index < -0.39 is 35.9 Å². The number of aliphatic hydroxyl groups is 4. The molecule has 1 aliphatic rings. The molecule has 1 saturated heterocycles. The molecule has 8 heteroatoms. The van der Waals surface area contributed by atoms with E-state index in [1.807, 2.05) is 30.3 Å². The molecule has 1 amide bonds. The van der Waals surface area contributed by atoms with Crippen LogP contribution in [0.25, 0.3) is 0 Å². The van der Waals surface area contributed by atoms with Crippen molar-refractivity contribution in [3.05, 3.63) is 35.9 Å². The number of nitrogens with zero attached hydrogens (tertiary/aromatic N) is 1. The summed E-state index contributed by atoms with van der Waals surface area (Å²) in [6.45, 7) is 4.76. The van der Waals surface area contributed by atoms with Crippen molar-refractivity contribution in [2.45, 2.75) is 50.5 Å². The lowest BCUT2D eigenvalue weighted by molar-refractivity contribution is -0.207. The molecule has 152 valence electrons. The summed E-state index contributed by atoms with van der Waals surface area (Å²) < 4.78 is 5.67. The van der Waals surface area contributed by atoms with Crippen LogP contribution in [0.2, 0.25) is 0 Å². The quantitative estimate of drug-likeness (QED) is 0.385. The second-order valence-electron chi connectivity index (χ2n) is 7.13. The van der Waals surface area contributed by atoms with Gasteiger partial charge < -0.3 is 35.4 Å². The fraction of sp³-hybridized carbons (Fsp3) is 0.632. The first kappa shape index (κ1) is 21.7. The van der Waals surface area contributed by atoms with Gasteiger partial charge in [0.25, 0.3) is 5.91 Å². The zero-order chi connectivity index (χ0) is 20.0. The molecular weight excluding hydrogens is 352 g/mol. The van der Waals surface area contributed by atoms with Crippen LogP contribution in [0.3, 0.4) is 0 Å². The van der Waals surface area contributed by atoms with Crippen molar-refractivity contribution in [1.82, 2.24) is 10.2 Å². The predicted octanol–water partition coefficient (Wildman–Crippen LogP) is -1.14. The predicted molar refractivity (Wildman–Crippen MR) is 98.8 cm³/mol.